The van der Waals surface area contributed by atoms with Crippen molar-refractivity contribution in [3.8, 4) is 0 Å². The van der Waals surface area contributed by atoms with Gasteiger partial charge in [-0.05, 0) is 0 Å². The van der Waals surface area contributed by atoms with Crippen molar-refractivity contribution in [2.75, 3.05) is 0 Å². The summed E-state index contributed by atoms with van der Waals surface area (Å²) in [4.78, 5) is 49.5. The predicted molar refractivity (Wildman–Crippen MR) is 62.2 cm³/mol. The molecule has 24 nitrogen and oxygen atoms in total. The minimum atomic E-state index is -1.75. The second-order valence-corrected chi connectivity index (χ2v) is 1.34. The van der Waals surface area contributed by atoms with Crippen LogP contribution in [-0.4, -0.2) is 30.5 Å². The zero-order valence-corrected chi connectivity index (χ0v) is 18.5. The van der Waals surface area contributed by atoms with Gasteiger partial charge in [-0.25, -0.2) is 0 Å². The van der Waals surface area contributed by atoms with Gasteiger partial charge in [0, 0.05) is 29.2 Å². The molecule has 0 heterocycles. The Morgan fingerprint density at radius 3 is 0.308 bits per heavy atom. The molecule has 0 amide bonds. The summed E-state index contributed by atoms with van der Waals surface area (Å²) in [7, 11) is 0. The van der Waals surface area contributed by atoms with E-state index in [0.29, 0.717) is 0 Å². The zero-order valence-electron chi connectivity index (χ0n) is 10.9. The van der Waals surface area contributed by atoms with Crippen LogP contribution >= 0.6 is 0 Å². The second-order valence-electron chi connectivity index (χ2n) is 1.34. The first kappa shape index (κ1) is 49.5. The molecule has 26 heteroatoms. The van der Waals surface area contributed by atoms with Crippen molar-refractivity contribution < 1.29 is 90.8 Å². The molecule has 0 saturated carbocycles. The van der Waals surface area contributed by atoms with E-state index >= 15 is 0 Å². The van der Waals surface area contributed by atoms with E-state index in [4.69, 9.17) is 91.9 Å². The van der Waals surface area contributed by atoms with E-state index < -0.39 is 30.5 Å². The molecule has 0 spiro atoms. The van der Waals surface area contributed by atoms with Crippen LogP contribution in [0.3, 0.4) is 0 Å². The van der Waals surface area contributed by atoms with E-state index in [1.54, 1.807) is 0 Å². The Kier molecular flexibility index (Phi) is 82.2. The Bertz CT molecular complexity index is 263. The fourth-order valence-corrected chi connectivity index (χ4v) is 0. The van der Waals surface area contributed by atoms with Gasteiger partial charge in [-0.2, -0.15) is 0 Å². The van der Waals surface area contributed by atoms with Gasteiger partial charge < -0.3 is 91.9 Å². The molecule has 0 aromatic rings. The molecule has 0 aromatic carbocycles. The topological polar surface area (TPSA) is 397 Å². The minimum Gasteiger partial charge on any atom is -0.356 e. The Hall–Kier alpha value is -2.76. The van der Waals surface area contributed by atoms with E-state index in [1.165, 1.54) is 0 Å². The Morgan fingerprint density at radius 2 is 0.308 bits per heavy atom. The zero-order chi connectivity index (χ0) is 21.5. The number of hydrogen-bond acceptors (Lipinski definition) is 18. The molecular formula is N6O18PuU. The third kappa shape index (κ3) is 1140. The maximum absolute atomic E-state index is 8.25. The number of nitrogens with zero attached hydrogens (tertiary/aromatic N) is 6. The van der Waals surface area contributed by atoms with Gasteiger partial charge in [-0.3, -0.25) is 0 Å². The van der Waals surface area contributed by atoms with Gasteiger partial charge in [0.2, 0.25) is 0 Å². The van der Waals surface area contributed by atoms with Crippen LogP contribution < -0.4 is 0 Å². The summed E-state index contributed by atoms with van der Waals surface area (Å²) in [6, 6.07) is 0. The first-order valence-electron chi connectivity index (χ1n) is 3.29. The fraction of sp³-hybridized carbons (Fsp3) is 0. The number of hydrogen-bond donors (Lipinski definition) is 0. The minimum absolute atomic E-state index is 0. The molecule has 0 N–H and O–H groups in total. The first-order chi connectivity index (χ1) is 10.4. The molecule has 0 rings (SSSR count). The normalized spacial score (nSPS) is 5.54. The summed E-state index contributed by atoms with van der Waals surface area (Å²) in [6.07, 6.45) is 0. The van der Waals surface area contributed by atoms with E-state index in [0.717, 1.165) is 0 Å². The second kappa shape index (κ2) is 43.2. The number of rotatable bonds is 0. The third-order valence-electron chi connectivity index (χ3n) is 0. The van der Waals surface area contributed by atoms with Gasteiger partial charge in [0.05, 0.1) is 30.5 Å². The smallest absolute Gasteiger partial charge is 0.356 e. The predicted octanol–water partition coefficient (Wildman–Crippen LogP) is -1.43. The molecule has 0 atom stereocenters. The summed E-state index contributed by atoms with van der Waals surface area (Å²) in [5, 5.41) is 88.5. The Labute approximate surface area is 182 Å². The summed E-state index contributed by atoms with van der Waals surface area (Å²) in [5.41, 5.74) is 0. The van der Waals surface area contributed by atoms with Gasteiger partial charge in [-0.1, -0.05) is 0 Å². The Morgan fingerprint density at radius 1 is 0.308 bits per heavy atom. The fourth-order valence-electron chi connectivity index (χ4n) is 0. The van der Waals surface area contributed by atoms with Gasteiger partial charge >= 0.3 is 31.1 Å². The van der Waals surface area contributed by atoms with E-state index in [1.807, 2.05) is 0 Å². The van der Waals surface area contributed by atoms with Crippen molar-refractivity contribution in [1.82, 2.24) is 0 Å². The largest absolute Gasteiger partial charge is 6.00 e. The van der Waals surface area contributed by atoms with Crippen molar-refractivity contribution in [1.29, 1.82) is 0 Å². The SMILES string of the molecule is O=[N+]([O-])[O-].O=[N+]([O-])[O-].O=[N+]([O-])[O-].O=[N+]([O-])[O-].O=[N+]([O-])[O-].O=[N+]([O-])[O-].[Pu].[U+6]. The molecule has 0 radical (unpaired) electrons. The van der Waals surface area contributed by atoms with Crippen molar-refractivity contribution >= 4 is 0 Å². The van der Waals surface area contributed by atoms with Crippen LogP contribution in [0.4, 0.5) is 0 Å². The average molecular weight is 854 g/mol. The monoisotopic (exact) mass is 848 g/mol. The van der Waals surface area contributed by atoms with Gasteiger partial charge in [0.25, 0.3) is 0 Å². The molecule has 26 heavy (non-hydrogen) atoms. The standard InChI is InChI=1S/6NO3.Pu.U/c6*2-1(3)4;;/q6*-1;;+6. The molecule has 148 valence electrons. The van der Waals surface area contributed by atoms with Gasteiger partial charge in [-0.15, -0.1) is 0 Å². The third-order valence-corrected chi connectivity index (χ3v) is 0. The van der Waals surface area contributed by atoms with Crippen molar-refractivity contribution in [3.05, 3.63) is 91.9 Å². The summed E-state index contributed by atoms with van der Waals surface area (Å²) >= 11 is 0. The quantitative estimate of drug-likeness (QED) is 0.199. The van der Waals surface area contributed by atoms with E-state index in [9.17, 15) is 0 Å². The summed E-state index contributed by atoms with van der Waals surface area (Å²) in [5.74, 6) is 0. The molecule has 0 aliphatic carbocycles. The van der Waals surface area contributed by atoms with Crippen LogP contribution in [0.1, 0.15) is 0 Å². The van der Waals surface area contributed by atoms with Crippen molar-refractivity contribution in [2.24, 2.45) is 0 Å². The molecular weight excluding hydrogens is 854 g/mol. The molecule has 0 aromatic heterocycles. The van der Waals surface area contributed by atoms with Crippen LogP contribution in [0.2, 0.25) is 0 Å². The van der Waals surface area contributed by atoms with Crippen molar-refractivity contribution in [2.45, 2.75) is 0 Å². The van der Waals surface area contributed by atoms with Gasteiger partial charge in [0.15, 0.2) is 0 Å². The molecule has 0 unspecified atom stereocenters. The van der Waals surface area contributed by atoms with Gasteiger partial charge in [0.1, 0.15) is 0 Å². The maximum Gasteiger partial charge on any atom is 6.00 e. The van der Waals surface area contributed by atoms with Crippen LogP contribution in [-0.2, 0) is 0 Å². The van der Waals surface area contributed by atoms with Crippen LogP contribution in [0.25, 0.3) is 0 Å². The van der Waals surface area contributed by atoms with E-state index in [2.05, 4.69) is 0 Å². The van der Waals surface area contributed by atoms with Crippen LogP contribution in [0.5, 0.6) is 0 Å². The molecule has 0 aliphatic rings. The summed E-state index contributed by atoms with van der Waals surface area (Å²) in [6.45, 7) is 0. The molecule has 0 fully saturated rings. The van der Waals surface area contributed by atoms with E-state index in [-0.39, 0.29) is 60.3 Å². The maximum atomic E-state index is 8.25. The van der Waals surface area contributed by atoms with Crippen molar-refractivity contribution in [3.63, 3.8) is 0 Å². The van der Waals surface area contributed by atoms with Crippen LogP contribution in [0.15, 0.2) is 0 Å². The average Bonchev–Trinajstić information content (AvgIpc) is 2.08. The molecule has 0 aliphatic heterocycles. The molecule has 0 bridgehead atoms. The summed E-state index contributed by atoms with van der Waals surface area (Å²) < 4.78 is 0. The van der Waals surface area contributed by atoms with Crippen LogP contribution in [0, 0.1) is 152 Å². The Balaban J connectivity index is -0.0000000245. The first-order valence-corrected chi connectivity index (χ1v) is 3.29. The molecule has 0 saturated heterocycles.